The standard InChI is InChI=1S/C14H18F2N2O.ClH/c1-9-6-11(13(16)7-12(9)15)14(19)18-4-2-10(8-17)3-5-18;/h6-7,10H,2-5,8,17H2,1H3;1H. The van der Waals surface area contributed by atoms with Crippen LogP contribution in [0.4, 0.5) is 8.78 Å². The van der Waals surface area contributed by atoms with Crippen LogP contribution in [0.1, 0.15) is 28.8 Å². The quantitative estimate of drug-likeness (QED) is 0.912. The molecule has 2 rings (SSSR count). The Hall–Kier alpha value is -1.20. The maximum atomic E-state index is 13.7. The molecule has 1 aromatic carbocycles. The summed E-state index contributed by atoms with van der Waals surface area (Å²) in [5, 5.41) is 0. The molecule has 0 aromatic heterocycles. The zero-order valence-electron chi connectivity index (χ0n) is 11.4. The fourth-order valence-corrected chi connectivity index (χ4v) is 2.36. The summed E-state index contributed by atoms with van der Waals surface area (Å²) in [6, 6.07) is 2.05. The van der Waals surface area contributed by atoms with Gasteiger partial charge in [0.15, 0.2) is 0 Å². The predicted octanol–water partition coefficient (Wildman–Crippen LogP) is 2.51. The van der Waals surface area contributed by atoms with Crippen LogP contribution in [-0.4, -0.2) is 30.4 Å². The van der Waals surface area contributed by atoms with Gasteiger partial charge in [-0.2, -0.15) is 0 Å². The zero-order valence-corrected chi connectivity index (χ0v) is 12.2. The smallest absolute Gasteiger partial charge is 0.256 e. The molecule has 6 heteroatoms. The highest BCUT2D eigenvalue weighted by molar-refractivity contribution is 5.94. The number of hydrogen-bond donors (Lipinski definition) is 1. The SMILES string of the molecule is Cc1cc(C(=O)N2CCC(CN)CC2)c(F)cc1F.Cl. The number of rotatable bonds is 2. The first-order chi connectivity index (χ1) is 9.02. The van der Waals surface area contributed by atoms with Crippen molar-refractivity contribution in [2.75, 3.05) is 19.6 Å². The highest BCUT2D eigenvalue weighted by atomic mass is 35.5. The second-order valence-electron chi connectivity index (χ2n) is 5.05. The summed E-state index contributed by atoms with van der Waals surface area (Å²) >= 11 is 0. The summed E-state index contributed by atoms with van der Waals surface area (Å²) in [6.07, 6.45) is 1.67. The van der Waals surface area contributed by atoms with E-state index in [9.17, 15) is 13.6 Å². The molecule has 2 N–H and O–H groups in total. The maximum absolute atomic E-state index is 13.7. The van der Waals surface area contributed by atoms with Gasteiger partial charge in [-0.05, 0) is 43.9 Å². The van der Waals surface area contributed by atoms with Crippen LogP contribution in [0.2, 0.25) is 0 Å². The topological polar surface area (TPSA) is 46.3 Å². The van der Waals surface area contributed by atoms with Gasteiger partial charge in [-0.1, -0.05) is 0 Å². The van der Waals surface area contributed by atoms with Crippen LogP contribution in [0, 0.1) is 24.5 Å². The van der Waals surface area contributed by atoms with E-state index < -0.39 is 11.6 Å². The summed E-state index contributed by atoms with van der Waals surface area (Å²) in [5.41, 5.74) is 5.82. The minimum Gasteiger partial charge on any atom is -0.339 e. The van der Waals surface area contributed by atoms with Gasteiger partial charge in [0.2, 0.25) is 0 Å². The molecule has 1 aliphatic heterocycles. The fraction of sp³-hybridized carbons (Fsp3) is 0.500. The number of carbonyl (C=O) groups is 1. The van der Waals surface area contributed by atoms with Gasteiger partial charge in [0, 0.05) is 19.2 Å². The number of nitrogens with zero attached hydrogens (tertiary/aromatic N) is 1. The number of carbonyl (C=O) groups excluding carboxylic acids is 1. The minimum atomic E-state index is -0.797. The molecule has 112 valence electrons. The lowest BCUT2D eigenvalue weighted by Gasteiger charge is -2.31. The minimum absolute atomic E-state index is 0. The van der Waals surface area contributed by atoms with Crippen molar-refractivity contribution in [1.29, 1.82) is 0 Å². The molecule has 20 heavy (non-hydrogen) atoms. The van der Waals surface area contributed by atoms with Crippen LogP contribution in [0.25, 0.3) is 0 Å². The number of halogens is 3. The Morgan fingerprint density at radius 1 is 1.30 bits per heavy atom. The van der Waals surface area contributed by atoms with Crippen molar-refractivity contribution in [3.8, 4) is 0 Å². The van der Waals surface area contributed by atoms with Crippen LogP contribution in [0.15, 0.2) is 12.1 Å². The first-order valence-electron chi connectivity index (χ1n) is 6.48. The molecule has 0 spiro atoms. The van der Waals surface area contributed by atoms with Crippen LogP contribution in [-0.2, 0) is 0 Å². The number of hydrogen-bond acceptors (Lipinski definition) is 2. The molecule has 1 saturated heterocycles. The van der Waals surface area contributed by atoms with Crippen molar-refractivity contribution in [2.45, 2.75) is 19.8 Å². The van der Waals surface area contributed by atoms with Crippen LogP contribution in [0.5, 0.6) is 0 Å². The molecule has 0 atom stereocenters. The Bertz CT molecular complexity index is 488. The van der Waals surface area contributed by atoms with Gasteiger partial charge >= 0.3 is 0 Å². The Morgan fingerprint density at radius 3 is 2.45 bits per heavy atom. The van der Waals surface area contributed by atoms with Crippen molar-refractivity contribution in [1.82, 2.24) is 4.90 Å². The van der Waals surface area contributed by atoms with Crippen LogP contribution in [0.3, 0.4) is 0 Å². The lowest BCUT2D eigenvalue weighted by molar-refractivity contribution is 0.0688. The third-order valence-corrected chi connectivity index (χ3v) is 3.71. The Balaban J connectivity index is 0.00000200. The van der Waals surface area contributed by atoms with E-state index in [1.807, 2.05) is 0 Å². The third kappa shape index (κ3) is 3.46. The largest absolute Gasteiger partial charge is 0.339 e. The molecule has 0 saturated carbocycles. The van der Waals surface area contributed by atoms with Gasteiger partial charge in [0.25, 0.3) is 5.91 Å². The van der Waals surface area contributed by atoms with E-state index in [4.69, 9.17) is 5.73 Å². The lowest BCUT2D eigenvalue weighted by Crippen LogP contribution is -2.40. The molecular formula is C14H19ClF2N2O. The van der Waals surface area contributed by atoms with Crippen LogP contribution < -0.4 is 5.73 Å². The molecule has 1 fully saturated rings. The fourth-order valence-electron chi connectivity index (χ4n) is 2.36. The maximum Gasteiger partial charge on any atom is 0.256 e. The molecule has 0 aliphatic carbocycles. The molecule has 3 nitrogen and oxygen atoms in total. The summed E-state index contributed by atoms with van der Waals surface area (Å²) < 4.78 is 26.9. The van der Waals surface area contributed by atoms with E-state index in [0.29, 0.717) is 25.6 Å². The summed E-state index contributed by atoms with van der Waals surface area (Å²) in [6.45, 7) is 3.30. The number of likely N-dealkylation sites (tertiary alicyclic amines) is 1. The number of amides is 1. The molecule has 1 aliphatic rings. The number of piperidine rings is 1. The number of aryl methyl sites for hydroxylation is 1. The average Bonchev–Trinajstić information content (AvgIpc) is 2.42. The number of nitrogens with two attached hydrogens (primary N) is 1. The molecular weight excluding hydrogens is 286 g/mol. The van der Waals surface area contributed by atoms with E-state index in [-0.39, 0.29) is 29.4 Å². The van der Waals surface area contributed by atoms with Gasteiger partial charge in [-0.25, -0.2) is 8.78 Å². The molecule has 0 bridgehead atoms. The van der Waals surface area contributed by atoms with Gasteiger partial charge in [-0.3, -0.25) is 4.79 Å². The van der Waals surface area contributed by atoms with E-state index >= 15 is 0 Å². The van der Waals surface area contributed by atoms with Crippen molar-refractivity contribution < 1.29 is 13.6 Å². The zero-order chi connectivity index (χ0) is 14.0. The second-order valence-corrected chi connectivity index (χ2v) is 5.05. The summed E-state index contributed by atoms with van der Waals surface area (Å²) in [4.78, 5) is 13.8. The first-order valence-corrected chi connectivity index (χ1v) is 6.48. The van der Waals surface area contributed by atoms with E-state index in [1.165, 1.54) is 13.0 Å². The normalized spacial score (nSPS) is 15.9. The highest BCUT2D eigenvalue weighted by Gasteiger charge is 2.25. The van der Waals surface area contributed by atoms with Gasteiger partial charge in [0.05, 0.1) is 5.56 Å². The Morgan fingerprint density at radius 2 is 1.90 bits per heavy atom. The van der Waals surface area contributed by atoms with E-state index in [2.05, 4.69) is 0 Å². The van der Waals surface area contributed by atoms with E-state index in [0.717, 1.165) is 18.9 Å². The van der Waals surface area contributed by atoms with Crippen molar-refractivity contribution in [3.05, 3.63) is 34.9 Å². The van der Waals surface area contributed by atoms with Gasteiger partial charge in [0.1, 0.15) is 11.6 Å². The lowest BCUT2D eigenvalue weighted by atomic mass is 9.96. The Kier molecular flexibility index (Phi) is 5.89. The van der Waals surface area contributed by atoms with E-state index in [1.54, 1.807) is 4.90 Å². The average molecular weight is 305 g/mol. The second kappa shape index (κ2) is 6.99. The summed E-state index contributed by atoms with van der Waals surface area (Å²) in [7, 11) is 0. The molecule has 1 heterocycles. The van der Waals surface area contributed by atoms with Gasteiger partial charge < -0.3 is 10.6 Å². The third-order valence-electron chi connectivity index (χ3n) is 3.71. The number of benzene rings is 1. The molecule has 0 radical (unpaired) electrons. The van der Waals surface area contributed by atoms with Crippen molar-refractivity contribution in [2.24, 2.45) is 11.7 Å². The highest BCUT2D eigenvalue weighted by Crippen LogP contribution is 2.21. The molecule has 1 amide bonds. The van der Waals surface area contributed by atoms with Crippen molar-refractivity contribution in [3.63, 3.8) is 0 Å². The summed E-state index contributed by atoms with van der Waals surface area (Å²) in [5.74, 6) is -1.36. The van der Waals surface area contributed by atoms with Crippen LogP contribution >= 0.6 is 12.4 Å². The first kappa shape index (κ1) is 16.9. The monoisotopic (exact) mass is 304 g/mol. The van der Waals surface area contributed by atoms with Crippen molar-refractivity contribution >= 4 is 18.3 Å². The van der Waals surface area contributed by atoms with Gasteiger partial charge in [-0.15, -0.1) is 12.4 Å². The predicted molar refractivity (Wildman–Crippen MR) is 76.0 cm³/mol. The molecule has 0 unspecified atom stereocenters. The molecule has 1 aromatic rings. The Labute approximate surface area is 123 Å².